The SMILES string of the molecule is O=C(Cc1cn2ccsc2n1)c1cccc(OC(F)F)c1. The lowest BCUT2D eigenvalue weighted by atomic mass is 10.1. The summed E-state index contributed by atoms with van der Waals surface area (Å²) >= 11 is 1.48. The summed E-state index contributed by atoms with van der Waals surface area (Å²) in [5, 5.41) is 1.90. The van der Waals surface area contributed by atoms with Gasteiger partial charge in [0.1, 0.15) is 5.75 Å². The average Bonchev–Trinajstić information content (AvgIpc) is 2.99. The largest absolute Gasteiger partial charge is 0.435 e. The lowest BCUT2D eigenvalue weighted by Gasteiger charge is -2.05. The number of hydrogen-bond acceptors (Lipinski definition) is 4. The molecule has 0 aliphatic carbocycles. The summed E-state index contributed by atoms with van der Waals surface area (Å²) < 4.78 is 30.5. The fraction of sp³-hybridized carbons (Fsp3) is 0.143. The number of aromatic nitrogens is 2. The molecule has 0 saturated carbocycles. The number of imidazole rings is 1. The lowest BCUT2D eigenvalue weighted by Crippen LogP contribution is -2.06. The second-order valence-corrected chi connectivity index (χ2v) is 5.20. The van der Waals surface area contributed by atoms with E-state index in [2.05, 4.69) is 9.72 Å². The van der Waals surface area contributed by atoms with Crippen molar-refractivity contribution < 1.29 is 18.3 Å². The van der Waals surface area contributed by atoms with E-state index in [1.165, 1.54) is 29.5 Å². The molecule has 0 aliphatic rings. The number of alkyl halides is 2. The van der Waals surface area contributed by atoms with Crippen LogP contribution in [0.1, 0.15) is 16.1 Å². The third-order valence-corrected chi connectivity index (χ3v) is 3.64. The summed E-state index contributed by atoms with van der Waals surface area (Å²) in [6.45, 7) is -2.91. The minimum atomic E-state index is -2.91. The number of thiazole rings is 1. The first kappa shape index (κ1) is 13.7. The van der Waals surface area contributed by atoms with Gasteiger partial charge in [0.25, 0.3) is 0 Å². The maximum Gasteiger partial charge on any atom is 0.387 e. The molecule has 4 nitrogen and oxygen atoms in total. The summed E-state index contributed by atoms with van der Waals surface area (Å²) in [4.78, 5) is 17.3. The van der Waals surface area contributed by atoms with Crippen LogP contribution < -0.4 is 4.74 Å². The Morgan fingerprint density at radius 3 is 3.05 bits per heavy atom. The number of rotatable bonds is 5. The highest BCUT2D eigenvalue weighted by atomic mass is 32.1. The predicted molar refractivity (Wildman–Crippen MR) is 74.2 cm³/mol. The van der Waals surface area contributed by atoms with Crippen LogP contribution in [0.25, 0.3) is 4.96 Å². The van der Waals surface area contributed by atoms with Crippen LogP contribution in [0.2, 0.25) is 0 Å². The summed E-state index contributed by atoms with van der Waals surface area (Å²) in [7, 11) is 0. The first-order chi connectivity index (χ1) is 10.1. The number of ketones is 1. The van der Waals surface area contributed by atoms with Gasteiger partial charge in [-0.25, -0.2) is 4.98 Å². The molecule has 3 aromatic rings. The zero-order chi connectivity index (χ0) is 14.8. The van der Waals surface area contributed by atoms with E-state index in [4.69, 9.17) is 0 Å². The lowest BCUT2D eigenvalue weighted by molar-refractivity contribution is -0.0498. The zero-order valence-electron chi connectivity index (χ0n) is 10.7. The molecule has 2 aromatic heterocycles. The van der Waals surface area contributed by atoms with Crippen LogP contribution in [0.15, 0.2) is 42.0 Å². The molecular weight excluding hydrogens is 298 g/mol. The van der Waals surface area contributed by atoms with Crippen LogP contribution in [0.5, 0.6) is 5.75 Å². The van der Waals surface area contributed by atoms with Gasteiger partial charge in [-0.05, 0) is 12.1 Å². The number of carbonyl (C=O) groups is 1. The van der Waals surface area contributed by atoms with Gasteiger partial charge in [-0.3, -0.25) is 9.20 Å². The number of ether oxygens (including phenoxy) is 1. The normalized spacial score (nSPS) is 11.2. The van der Waals surface area contributed by atoms with Crippen molar-refractivity contribution in [2.75, 3.05) is 0 Å². The number of Topliss-reactive ketones (excluding diaryl/α,β-unsaturated/α-hetero) is 1. The first-order valence-corrected chi connectivity index (χ1v) is 6.99. The molecule has 2 heterocycles. The smallest absolute Gasteiger partial charge is 0.387 e. The predicted octanol–water partition coefficient (Wildman–Crippen LogP) is 3.42. The Balaban J connectivity index is 1.77. The molecule has 3 rings (SSSR count). The van der Waals surface area contributed by atoms with Gasteiger partial charge in [-0.15, -0.1) is 11.3 Å². The molecule has 0 N–H and O–H groups in total. The molecule has 0 saturated heterocycles. The molecule has 0 atom stereocenters. The number of halogens is 2. The van der Waals surface area contributed by atoms with Crippen LogP contribution in [0.3, 0.4) is 0 Å². The van der Waals surface area contributed by atoms with Crippen molar-refractivity contribution in [2.24, 2.45) is 0 Å². The average molecular weight is 308 g/mol. The van der Waals surface area contributed by atoms with E-state index in [0.29, 0.717) is 11.3 Å². The van der Waals surface area contributed by atoms with Crippen LogP contribution >= 0.6 is 11.3 Å². The Labute approximate surface area is 122 Å². The van der Waals surface area contributed by atoms with Crippen molar-refractivity contribution in [1.29, 1.82) is 0 Å². The van der Waals surface area contributed by atoms with E-state index in [9.17, 15) is 13.6 Å². The van der Waals surface area contributed by atoms with E-state index >= 15 is 0 Å². The maximum absolute atomic E-state index is 12.2. The number of fused-ring (bicyclic) bond motifs is 1. The van der Waals surface area contributed by atoms with Crippen molar-refractivity contribution in [3.63, 3.8) is 0 Å². The third-order valence-electron chi connectivity index (χ3n) is 2.87. The van der Waals surface area contributed by atoms with E-state index in [0.717, 1.165) is 4.96 Å². The molecular formula is C14H10F2N2O2S. The van der Waals surface area contributed by atoms with Gasteiger partial charge in [0.2, 0.25) is 0 Å². The standard InChI is InChI=1S/C14H10F2N2O2S/c15-13(16)20-11-3-1-2-9(6-11)12(19)7-10-8-18-4-5-21-14(18)17-10/h1-6,8,13H,7H2. The molecule has 0 bridgehead atoms. The van der Waals surface area contributed by atoms with E-state index in [-0.39, 0.29) is 18.0 Å². The van der Waals surface area contributed by atoms with Gasteiger partial charge in [0, 0.05) is 23.3 Å². The molecule has 1 aromatic carbocycles. The monoisotopic (exact) mass is 308 g/mol. The van der Waals surface area contributed by atoms with Crippen molar-refractivity contribution in [3.05, 3.63) is 53.3 Å². The van der Waals surface area contributed by atoms with Crippen LogP contribution in [-0.4, -0.2) is 21.8 Å². The van der Waals surface area contributed by atoms with Gasteiger partial charge in [-0.2, -0.15) is 8.78 Å². The Kier molecular flexibility index (Phi) is 3.66. The molecule has 0 amide bonds. The molecule has 0 aliphatic heterocycles. The highest BCUT2D eigenvalue weighted by molar-refractivity contribution is 7.15. The number of nitrogens with zero attached hydrogens (tertiary/aromatic N) is 2. The van der Waals surface area contributed by atoms with Crippen molar-refractivity contribution in [3.8, 4) is 5.75 Å². The maximum atomic E-state index is 12.2. The highest BCUT2D eigenvalue weighted by Gasteiger charge is 2.12. The first-order valence-electron chi connectivity index (χ1n) is 6.11. The number of hydrogen-bond donors (Lipinski definition) is 0. The summed E-state index contributed by atoms with van der Waals surface area (Å²) in [6, 6.07) is 5.78. The van der Waals surface area contributed by atoms with E-state index in [1.807, 2.05) is 16.0 Å². The third kappa shape index (κ3) is 3.08. The van der Waals surface area contributed by atoms with Crippen LogP contribution in [0, 0.1) is 0 Å². The fourth-order valence-electron chi connectivity index (χ4n) is 1.97. The van der Waals surface area contributed by atoms with E-state index < -0.39 is 6.61 Å². The molecule has 0 spiro atoms. The van der Waals surface area contributed by atoms with Gasteiger partial charge >= 0.3 is 6.61 Å². The molecule has 108 valence electrons. The van der Waals surface area contributed by atoms with Crippen molar-refractivity contribution >= 4 is 22.1 Å². The Hall–Kier alpha value is -2.28. The second-order valence-electron chi connectivity index (χ2n) is 4.33. The summed E-state index contributed by atoms with van der Waals surface area (Å²) in [5.74, 6) is -0.220. The van der Waals surface area contributed by atoms with E-state index in [1.54, 1.807) is 12.3 Å². The Bertz CT molecular complexity index is 753. The summed E-state index contributed by atoms with van der Waals surface area (Å²) in [6.07, 6.45) is 3.76. The number of benzene rings is 1. The topological polar surface area (TPSA) is 43.6 Å². The molecule has 21 heavy (non-hydrogen) atoms. The van der Waals surface area contributed by atoms with Gasteiger partial charge in [0.15, 0.2) is 10.7 Å². The quantitative estimate of drug-likeness (QED) is 0.678. The Morgan fingerprint density at radius 2 is 2.29 bits per heavy atom. The minimum Gasteiger partial charge on any atom is -0.435 e. The highest BCUT2D eigenvalue weighted by Crippen LogP contribution is 2.18. The number of carbonyl (C=O) groups excluding carboxylic acids is 1. The molecule has 0 radical (unpaired) electrons. The molecule has 0 unspecified atom stereocenters. The van der Waals surface area contributed by atoms with Crippen molar-refractivity contribution in [1.82, 2.24) is 9.38 Å². The van der Waals surface area contributed by atoms with Gasteiger partial charge in [0.05, 0.1) is 12.1 Å². The zero-order valence-corrected chi connectivity index (χ0v) is 11.5. The van der Waals surface area contributed by atoms with Gasteiger partial charge in [-0.1, -0.05) is 12.1 Å². The molecule has 7 heteroatoms. The van der Waals surface area contributed by atoms with Crippen LogP contribution in [0.4, 0.5) is 8.78 Å². The fourth-order valence-corrected chi connectivity index (χ4v) is 2.69. The second kappa shape index (κ2) is 5.61. The molecule has 0 fully saturated rings. The van der Waals surface area contributed by atoms with Crippen molar-refractivity contribution in [2.45, 2.75) is 13.0 Å². The minimum absolute atomic E-state index is 0.0262. The van der Waals surface area contributed by atoms with Gasteiger partial charge < -0.3 is 4.74 Å². The summed E-state index contributed by atoms with van der Waals surface area (Å²) in [5.41, 5.74) is 0.969. The van der Waals surface area contributed by atoms with Crippen LogP contribution in [-0.2, 0) is 6.42 Å². The Morgan fingerprint density at radius 1 is 1.43 bits per heavy atom.